The van der Waals surface area contributed by atoms with Gasteiger partial charge in [-0.1, -0.05) is 35.9 Å². The summed E-state index contributed by atoms with van der Waals surface area (Å²) in [7, 11) is 0. The van der Waals surface area contributed by atoms with E-state index in [1.165, 1.54) is 0 Å². The number of aryl methyl sites for hydroxylation is 1. The molecule has 17 heavy (non-hydrogen) atoms. The van der Waals surface area contributed by atoms with E-state index in [0.717, 1.165) is 27.8 Å². The number of fused-ring (bicyclic) bond motifs is 3. The van der Waals surface area contributed by atoms with Crippen molar-refractivity contribution in [2.75, 3.05) is 5.32 Å². The molecule has 1 aliphatic heterocycles. The van der Waals surface area contributed by atoms with Crippen LogP contribution in [0, 0.1) is 6.92 Å². The van der Waals surface area contributed by atoms with Crippen LogP contribution < -0.4 is 5.32 Å². The topological polar surface area (TPSA) is 24.9 Å². The number of nitrogens with zero attached hydrogens (tertiary/aromatic N) is 1. The van der Waals surface area contributed by atoms with Crippen LogP contribution in [0.15, 0.2) is 30.3 Å². The first-order valence-electron chi connectivity index (χ1n) is 5.62. The summed E-state index contributed by atoms with van der Waals surface area (Å²) < 4.78 is 0. The molecule has 86 valence electrons. The zero-order valence-electron chi connectivity index (χ0n) is 9.79. The first-order chi connectivity index (χ1) is 8.05. The van der Waals surface area contributed by atoms with E-state index in [2.05, 4.69) is 28.5 Å². The van der Waals surface area contributed by atoms with Gasteiger partial charge in [-0.15, -0.1) is 0 Å². The van der Waals surface area contributed by atoms with Gasteiger partial charge in [-0.25, -0.2) is 0 Å². The summed E-state index contributed by atoms with van der Waals surface area (Å²) in [6, 6.07) is 8.28. The zero-order chi connectivity index (χ0) is 12.0. The molecule has 0 radical (unpaired) electrons. The van der Waals surface area contributed by atoms with E-state index in [4.69, 9.17) is 11.6 Å². The number of benzene rings is 1. The van der Waals surface area contributed by atoms with Crippen molar-refractivity contribution in [1.29, 1.82) is 0 Å². The lowest BCUT2D eigenvalue weighted by Crippen LogP contribution is -2.27. The molecule has 1 aliphatic rings. The molecule has 0 aliphatic carbocycles. The highest BCUT2D eigenvalue weighted by Crippen LogP contribution is 2.35. The van der Waals surface area contributed by atoms with E-state index in [1.54, 1.807) is 0 Å². The first-order valence-corrected chi connectivity index (χ1v) is 6.00. The summed E-state index contributed by atoms with van der Waals surface area (Å²) in [5, 5.41) is 4.45. The van der Waals surface area contributed by atoms with E-state index in [-0.39, 0.29) is 0 Å². The molecule has 1 unspecified atom stereocenters. The van der Waals surface area contributed by atoms with Crippen molar-refractivity contribution in [3.63, 3.8) is 0 Å². The lowest BCUT2D eigenvalue weighted by molar-refractivity contribution is 0.898. The number of aromatic nitrogens is 1. The Bertz CT molecular complexity index is 629. The molecule has 0 amide bonds. The van der Waals surface area contributed by atoms with Gasteiger partial charge in [0.2, 0.25) is 0 Å². The second-order valence-electron chi connectivity index (χ2n) is 4.59. The number of hydrogen-bond donors (Lipinski definition) is 1. The van der Waals surface area contributed by atoms with Gasteiger partial charge in [0.1, 0.15) is 5.00 Å². The quantitative estimate of drug-likeness (QED) is 0.561. The minimum Gasteiger partial charge on any atom is -0.362 e. The average molecular weight is 245 g/mol. The maximum absolute atomic E-state index is 6.31. The molecule has 1 aromatic heterocycles. The highest BCUT2D eigenvalue weighted by atomic mass is 35.5. The van der Waals surface area contributed by atoms with Crippen LogP contribution in [0.25, 0.3) is 17.0 Å². The highest BCUT2D eigenvalue weighted by molar-refractivity contribution is 6.27. The predicted molar refractivity (Wildman–Crippen MR) is 73.4 cm³/mol. The van der Waals surface area contributed by atoms with Crippen molar-refractivity contribution in [2.24, 2.45) is 0 Å². The minimum absolute atomic E-state index is 0.535. The maximum Gasteiger partial charge on any atom is 0.128 e. The van der Waals surface area contributed by atoms with Crippen LogP contribution in [0.4, 0.5) is 5.69 Å². The standard InChI is InChI=1S/C14H13ClN2/c1-9-3-4-10-5-6-11-7-8-14(2,15)17-13(11)12(10)16-9/h3-8,17H,1-2H3. The summed E-state index contributed by atoms with van der Waals surface area (Å²) in [5.74, 6) is 0. The van der Waals surface area contributed by atoms with Crippen molar-refractivity contribution in [3.8, 4) is 0 Å². The summed E-state index contributed by atoms with van der Waals surface area (Å²) in [5.41, 5.74) is 4.15. The molecule has 0 saturated heterocycles. The minimum atomic E-state index is -0.535. The van der Waals surface area contributed by atoms with Crippen molar-refractivity contribution in [2.45, 2.75) is 18.8 Å². The van der Waals surface area contributed by atoms with E-state index in [1.807, 2.05) is 32.1 Å². The molecule has 1 N–H and O–H groups in total. The fourth-order valence-electron chi connectivity index (χ4n) is 2.10. The fraction of sp³-hybridized carbons (Fsp3) is 0.214. The fourth-order valence-corrected chi connectivity index (χ4v) is 2.26. The number of nitrogens with one attached hydrogen (secondary N) is 1. The summed E-state index contributed by atoms with van der Waals surface area (Å²) >= 11 is 6.31. The Hall–Kier alpha value is -1.54. The van der Waals surface area contributed by atoms with Crippen molar-refractivity contribution in [1.82, 2.24) is 4.98 Å². The predicted octanol–water partition coefficient (Wildman–Crippen LogP) is 3.94. The van der Waals surface area contributed by atoms with Crippen LogP contribution in [0.1, 0.15) is 18.2 Å². The molecule has 2 aromatic rings. The van der Waals surface area contributed by atoms with Crippen LogP contribution in [0.2, 0.25) is 0 Å². The van der Waals surface area contributed by atoms with Crippen molar-refractivity contribution in [3.05, 3.63) is 41.6 Å². The van der Waals surface area contributed by atoms with Crippen molar-refractivity contribution < 1.29 is 0 Å². The van der Waals surface area contributed by atoms with Gasteiger partial charge in [0.05, 0.1) is 11.2 Å². The van der Waals surface area contributed by atoms with E-state index in [9.17, 15) is 0 Å². The van der Waals surface area contributed by atoms with Gasteiger partial charge in [-0.05, 0) is 31.6 Å². The Morgan fingerprint density at radius 3 is 2.82 bits per heavy atom. The Labute approximate surface area is 105 Å². The molecule has 0 bridgehead atoms. The molecule has 0 saturated carbocycles. The van der Waals surface area contributed by atoms with E-state index in [0.29, 0.717) is 0 Å². The lowest BCUT2D eigenvalue weighted by Gasteiger charge is -2.27. The summed E-state index contributed by atoms with van der Waals surface area (Å²) in [6.45, 7) is 3.93. The van der Waals surface area contributed by atoms with Crippen LogP contribution in [-0.4, -0.2) is 9.98 Å². The molecular formula is C14H13ClN2. The van der Waals surface area contributed by atoms with Gasteiger partial charge in [0.25, 0.3) is 0 Å². The van der Waals surface area contributed by atoms with Gasteiger partial charge in [-0.2, -0.15) is 0 Å². The molecule has 0 spiro atoms. The van der Waals surface area contributed by atoms with Crippen LogP contribution in [0.5, 0.6) is 0 Å². The highest BCUT2D eigenvalue weighted by Gasteiger charge is 2.23. The third-order valence-corrected chi connectivity index (χ3v) is 3.20. The molecule has 0 fully saturated rings. The molecule has 2 nitrogen and oxygen atoms in total. The largest absolute Gasteiger partial charge is 0.362 e. The molecular weight excluding hydrogens is 232 g/mol. The number of hydrogen-bond acceptors (Lipinski definition) is 2. The maximum atomic E-state index is 6.31. The molecule has 1 aromatic carbocycles. The lowest BCUT2D eigenvalue weighted by atomic mass is 10.0. The monoisotopic (exact) mass is 244 g/mol. The number of anilines is 1. The number of halogens is 1. The SMILES string of the molecule is Cc1ccc2ccc3c(c2n1)NC(C)(Cl)C=C3. The van der Waals surface area contributed by atoms with Crippen LogP contribution >= 0.6 is 11.6 Å². The third kappa shape index (κ3) is 1.79. The first kappa shape index (κ1) is 10.6. The number of rotatable bonds is 0. The van der Waals surface area contributed by atoms with Gasteiger partial charge < -0.3 is 5.32 Å². The van der Waals surface area contributed by atoms with Gasteiger partial charge >= 0.3 is 0 Å². The smallest absolute Gasteiger partial charge is 0.128 e. The van der Waals surface area contributed by atoms with Gasteiger partial charge in [0.15, 0.2) is 0 Å². The Balaban J connectivity index is 2.32. The summed E-state index contributed by atoms with van der Waals surface area (Å²) in [6.07, 6.45) is 4.00. The Morgan fingerprint density at radius 2 is 2.00 bits per heavy atom. The van der Waals surface area contributed by atoms with Crippen LogP contribution in [-0.2, 0) is 0 Å². The van der Waals surface area contributed by atoms with Crippen LogP contribution in [0.3, 0.4) is 0 Å². The number of pyridine rings is 1. The Kier molecular flexibility index (Phi) is 2.17. The molecule has 1 atom stereocenters. The molecule has 3 heteroatoms. The Morgan fingerprint density at radius 1 is 1.24 bits per heavy atom. The second kappa shape index (κ2) is 3.47. The van der Waals surface area contributed by atoms with E-state index >= 15 is 0 Å². The van der Waals surface area contributed by atoms with Gasteiger partial charge in [0, 0.05) is 11.1 Å². The molecule has 3 rings (SSSR count). The normalized spacial score (nSPS) is 22.3. The second-order valence-corrected chi connectivity index (χ2v) is 5.37. The zero-order valence-corrected chi connectivity index (χ0v) is 10.5. The van der Waals surface area contributed by atoms with Crippen molar-refractivity contribution >= 4 is 34.3 Å². The van der Waals surface area contributed by atoms with Gasteiger partial charge in [-0.3, -0.25) is 4.98 Å². The summed E-state index contributed by atoms with van der Waals surface area (Å²) in [4.78, 5) is 4.06. The average Bonchev–Trinajstić information content (AvgIpc) is 2.28. The molecule has 2 heterocycles. The number of alkyl halides is 1. The van der Waals surface area contributed by atoms with E-state index < -0.39 is 5.00 Å². The third-order valence-electron chi connectivity index (χ3n) is 2.98.